The van der Waals surface area contributed by atoms with Crippen molar-refractivity contribution in [3.05, 3.63) is 127 Å². The van der Waals surface area contributed by atoms with Gasteiger partial charge in [-0.2, -0.15) is 0 Å². The molecular weight excluding hydrogens is 612 g/mol. The maximum Gasteiger partial charge on any atom is 0.341 e. The van der Waals surface area contributed by atoms with E-state index in [1.807, 2.05) is 6.08 Å². The van der Waals surface area contributed by atoms with Crippen LogP contribution in [0.3, 0.4) is 0 Å². The highest BCUT2D eigenvalue weighted by Crippen LogP contribution is 2.29. The van der Waals surface area contributed by atoms with Crippen molar-refractivity contribution in [1.29, 1.82) is 0 Å². The topological polar surface area (TPSA) is 84.9 Å². The minimum Gasteiger partial charge on any atom is -0.462 e. The number of nitrogens with one attached hydrogen (secondary N) is 1. The lowest BCUT2D eigenvalue weighted by Gasteiger charge is -2.13. The van der Waals surface area contributed by atoms with E-state index >= 15 is 0 Å². The fourth-order valence-electron chi connectivity index (χ4n) is 4.40. The minimum absolute atomic E-state index is 0.0262. The number of benzene rings is 2. The number of aliphatic hydroxyl groups is 1. The Morgan fingerprint density at radius 3 is 1.96 bits per heavy atom. The Kier molecular flexibility index (Phi) is 20.5. The third-order valence-electron chi connectivity index (χ3n) is 6.83. The number of hydrogen-bond acceptors (Lipinski definition) is 6. The summed E-state index contributed by atoms with van der Waals surface area (Å²) in [6.45, 7) is 3.79. The SMILES string of the molecule is CCC=CCC=CCC=CCC=CCC=CCC=CCCC(O)NCCCOC(=O)c1cc(-c2ccc(F)cc2F)ccc1OC(C)=O. The third kappa shape index (κ3) is 17.5. The maximum atomic E-state index is 14.3. The van der Waals surface area contributed by atoms with Crippen molar-refractivity contribution in [2.24, 2.45) is 0 Å². The van der Waals surface area contributed by atoms with Crippen LogP contribution in [0.1, 0.15) is 82.0 Å². The summed E-state index contributed by atoms with van der Waals surface area (Å²) < 4.78 is 38.1. The van der Waals surface area contributed by atoms with Crippen LogP contribution < -0.4 is 10.1 Å². The first-order valence-corrected chi connectivity index (χ1v) is 16.6. The number of esters is 2. The summed E-state index contributed by atoms with van der Waals surface area (Å²) in [5, 5.41) is 13.2. The lowest BCUT2D eigenvalue weighted by molar-refractivity contribution is -0.131. The highest BCUT2D eigenvalue weighted by molar-refractivity contribution is 5.95. The Hall–Kier alpha value is -4.40. The standard InChI is InChI=1S/C40H49F2NO5/c1-3-4-5-6-7-8-9-10-11-12-13-14-15-16-17-18-19-20-21-23-39(45)43-28-22-29-47-40(46)36-30-33(24-27-38(36)48-32(2)44)35-26-25-34(41)31-37(35)42/h4-5,7-8,10-11,13-14,16-17,19-20,24-27,30-31,39,43,45H,3,6,9,12,15,18,21-23,28-29H2,1-2H3. The molecule has 1 atom stereocenters. The third-order valence-corrected chi connectivity index (χ3v) is 6.83. The average Bonchev–Trinajstić information content (AvgIpc) is 3.05. The Balaban J connectivity index is 1.61. The number of rotatable bonds is 22. The summed E-state index contributed by atoms with van der Waals surface area (Å²) in [6, 6.07) is 7.30. The molecule has 0 aliphatic heterocycles. The second kappa shape index (κ2) is 24.7. The second-order valence-corrected chi connectivity index (χ2v) is 10.9. The van der Waals surface area contributed by atoms with Crippen LogP contribution in [0, 0.1) is 11.6 Å². The fraction of sp³-hybridized carbons (Fsp3) is 0.350. The summed E-state index contributed by atoms with van der Waals surface area (Å²) in [6.07, 6.45) is 32.5. The van der Waals surface area contributed by atoms with Crippen LogP contribution in [0.15, 0.2) is 109 Å². The summed E-state index contributed by atoms with van der Waals surface area (Å²) in [5.74, 6) is -2.93. The number of carbonyl (C=O) groups is 2. The number of carbonyl (C=O) groups excluding carboxylic acids is 2. The lowest BCUT2D eigenvalue weighted by atomic mass is 10.0. The molecule has 1 unspecified atom stereocenters. The van der Waals surface area contributed by atoms with E-state index in [-0.39, 0.29) is 23.5 Å². The van der Waals surface area contributed by atoms with Crippen molar-refractivity contribution in [1.82, 2.24) is 5.32 Å². The van der Waals surface area contributed by atoms with Gasteiger partial charge in [0.25, 0.3) is 0 Å². The van der Waals surface area contributed by atoms with Crippen molar-refractivity contribution < 1.29 is 33.0 Å². The van der Waals surface area contributed by atoms with E-state index in [9.17, 15) is 23.5 Å². The van der Waals surface area contributed by atoms with Crippen molar-refractivity contribution in [3.63, 3.8) is 0 Å². The molecule has 2 aromatic rings. The normalized spacial score (nSPS) is 12.9. The molecule has 2 N–H and O–H groups in total. The van der Waals surface area contributed by atoms with Gasteiger partial charge in [0.15, 0.2) is 0 Å². The number of halogens is 2. The van der Waals surface area contributed by atoms with Gasteiger partial charge in [-0.25, -0.2) is 13.6 Å². The molecule has 0 spiro atoms. The summed E-state index contributed by atoms with van der Waals surface area (Å²) in [5.41, 5.74) is 0.324. The van der Waals surface area contributed by atoms with E-state index in [1.54, 1.807) is 0 Å². The van der Waals surface area contributed by atoms with Gasteiger partial charge < -0.3 is 14.6 Å². The molecule has 0 fully saturated rings. The van der Waals surface area contributed by atoms with Crippen molar-refractivity contribution in [2.75, 3.05) is 13.2 Å². The molecule has 2 rings (SSSR count). The summed E-state index contributed by atoms with van der Waals surface area (Å²) in [4.78, 5) is 24.3. The van der Waals surface area contributed by atoms with Crippen LogP contribution in [-0.4, -0.2) is 36.4 Å². The van der Waals surface area contributed by atoms with Gasteiger partial charge in [0.05, 0.1) is 6.61 Å². The fourth-order valence-corrected chi connectivity index (χ4v) is 4.40. The molecule has 0 aliphatic carbocycles. The molecule has 2 aromatic carbocycles. The van der Waals surface area contributed by atoms with Gasteiger partial charge in [-0.3, -0.25) is 10.1 Å². The Labute approximate surface area is 284 Å². The van der Waals surface area contributed by atoms with E-state index in [0.717, 1.165) is 57.1 Å². The lowest BCUT2D eigenvalue weighted by Crippen LogP contribution is -2.30. The molecule has 0 bridgehead atoms. The average molecular weight is 662 g/mol. The van der Waals surface area contributed by atoms with Crippen molar-refractivity contribution >= 4 is 11.9 Å². The van der Waals surface area contributed by atoms with Gasteiger partial charge in [0.1, 0.15) is 29.2 Å². The van der Waals surface area contributed by atoms with Crippen molar-refractivity contribution in [3.8, 4) is 16.9 Å². The van der Waals surface area contributed by atoms with Crippen molar-refractivity contribution in [2.45, 2.75) is 77.9 Å². The van der Waals surface area contributed by atoms with Gasteiger partial charge in [-0.05, 0) is 87.6 Å². The molecule has 8 heteroatoms. The van der Waals surface area contributed by atoms with Crippen LogP contribution in [0.4, 0.5) is 8.78 Å². The van der Waals surface area contributed by atoms with Crippen LogP contribution in [0.25, 0.3) is 11.1 Å². The highest BCUT2D eigenvalue weighted by atomic mass is 19.1. The molecule has 0 aliphatic rings. The molecule has 258 valence electrons. The first kappa shape index (κ1) is 39.8. The first-order valence-electron chi connectivity index (χ1n) is 16.6. The zero-order valence-electron chi connectivity index (χ0n) is 28.1. The minimum atomic E-state index is -0.792. The molecule has 0 amide bonds. The van der Waals surface area contributed by atoms with Gasteiger partial charge in [-0.15, -0.1) is 0 Å². The smallest absolute Gasteiger partial charge is 0.341 e. The van der Waals surface area contributed by atoms with Gasteiger partial charge >= 0.3 is 11.9 Å². The van der Waals surface area contributed by atoms with Crippen LogP contribution in [0.2, 0.25) is 0 Å². The Morgan fingerprint density at radius 2 is 1.40 bits per heavy atom. The van der Waals surface area contributed by atoms with Gasteiger partial charge in [0, 0.05) is 25.1 Å². The Morgan fingerprint density at radius 1 is 0.812 bits per heavy atom. The number of hydrogen-bond donors (Lipinski definition) is 2. The van der Waals surface area contributed by atoms with E-state index in [0.29, 0.717) is 24.9 Å². The maximum absolute atomic E-state index is 14.3. The van der Waals surface area contributed by atoms with E-state index < -0.39 is 29.8 Å². The molecule has 0 saturated heterocycles. The molecule has 0 aromatic heterocycles. The molecule has 48 heavy (non-hydrogen) atoms. The predicted octanol–water partition coefficient (Wildman–Crippen LogP) is 9.49. The zero-order chi connectivity index (χ0) is 34.8. The molecule has 0 radical (unpaired) electrons. The highest BCUT2D eigenvalue weighted by Gasteiger charge is 2.18. The van der Waals surface area contributed by atoms with Crippen LogP contribution in [-0.2, 0) is 9.53 Å². The summed E-state index contributed by atoms with van der Waals surface area (Å²) in [7, 11) is 0. The number of allylic oxidation sites excluding steroid dienone is 12. The predicted molar refractivity (Wildman–Crippen MR) is 189 cm³/mol. The van der Waals surface area contributed by atoms with Crippen LogP contribution in [0.5, 0.6) is 5.75 Å². The largest absolute Gasteiger partial charge is 0.462 e. The number of aliphatic hydroxyl groups excluding tert-OH is 1. The monoisotopic (exact) mass is 661 g/mol. The van der Waals surface area contributed by atoms with Gasteiger partial charge in [-0.1, -0.05) is 85.9 Å². The zero-order valence-corrected chi connectivity index (χ0v) is 28.1. The van der Waals surface area contributed by atoms with E-state index in [4.69, 9.17) is 9.47 Å². The molecular formula is C40H49F2NO5. The van der Waals surface area contributed by atoms with Gasteiger partial charge in [0.2, 0.25) is 0 Å². The van der Waals surface area contributed by atoms with E-state index in [1.165, 1.54) is 31.2 Å². The molecule has 0 saturated carbocycles. The molecule has 0 heterocycles. The second-order valence-electron chi connectivity index (χ2n) is 10.9. The quantitative estimate of drug-likeness (QED) is 0.0430. The van der Waals surface area contributed by atoms with Crippen LogP contribution >= 0.6 is 0 Å². The molecule has 6 nitrogen and oxygen atoms in total. The van der Waals surface area contributed by atoms with E-state index in [2.05, 4.69) is 79.1 Å². The first-order chi connectivity index (χ1) is 23.3. The number of ether oxygens (including phenoxy) is 2. The summed E-state index contributed by atoms with van der Waals surface area (Å²) >= 11 is 0. The Bertz CT molecular complexity index is 1440.